The second-order valence-electron chi connectivity index (χ2n) is 5.79. The Morgan fingerprint density at radius 1 is 1.38 bits per heavy atom. The van der Waals surface area contributed by atoms with Crippen LogP contribution >= 0.6 is 12.6 Å². The number of furan rings is 1. The van der Waals surface area contributed by atoms with Crippen LogP contribution in [0.4, 0.5) is 4.79 Å². The Bertz CT molecular complexity index is 517. The Morgan fingerprint density at radius 2 is 2.05 bits per heavy atom. The number of imide groups is 1. The molecular formula is C15H22N2O3S. The number of nitrogens with zero attached hydrogens (tertiary/aromatic N) is 1. The molecule has 0 saturated carbocycles. The number of carbonyl (C=O) groups excluding carboxylic acids is 2. The summed E-state index contributed by atoms with van der Waals surface area (Å²) >= 11 is 4.41. The lowest BCUT2D eigenvalue weighted by atomic mass is 9.83. The van der Waals surface area contributed by atoms with E-state index in [4.69, 9.17) is 4.42 Å². The number of nitrogens with one attached hydrogen (secondary N) is 1. The minimum atomic E-state index is -1.12. The maximum Gasteiger partial charge on any atom is 0.325 e. The molecule has 1 aliphatic heterocycles. The summed E-state index contributed by atoms with van der Waals surface area (Å²) in [4.78, 5) is 26.3. The molecule has 1 aromatic rings. The van der Waals surface area contributed by atoms with Crippen molar-refractivity contribution in [2.75, 3.05) is 12.3 Å². The quantitative estimate of drug-likeness (QED) is 0.627. The Morgan fingerprint density at radius 3 is 2.52 bits per heavy atom. The monoisotopic (exact) mass is 310 g/mol. The molecule has 0 radical (unpaired) electrons. The van der Waals surface area contributed by atoms with E-state index in [1.807, 2.05) is 0 Å². The summed E-state index contributed by atoms with van der Waals surface area (Å²) in [5, 5.41) is 2.75. The van der Waals surface area contributed by atoms with Crippen LogP contribution in [-0.2, 0) is 10.3 Å². The number of carbonyl (C=O) groups is 2. The molecule has 1 N–H and O–H groups in total. The fourth-order valence-corrected chi connectivity index (χ4v) is 3.20. The van der Waals surface area contributed by atoms with Gasteiger partial charge in [-0.15, -0.1) is 0 Å². The zero-order chi connectivity index (χ0) is 15.7. The van der Waals surface area contributed by atoms with Gasteiger partial charge in [-0.1, -0.05) is 13.8 Å². The molecule has 1 aliphatic rings. The molecule has 0 aromatic carbocycles. The highest BCUT2D eigenvalue weighted by Crippen LogP contribution is 2.34. The van der Waals surface area contributed by atoms with Gasteiger partial charge >= 0.3 is 6.03 Å². The van der Waals surface area contributed by atoms with Crippen molar-refractivity contribution in [3.8, 4) is 0 Å². The highest BCUT2D eigenvalue weighted by atomic mass is 32.1. The van der Waals surface area contributed by atoms with Gasteiger partial charge in [0.1, 0.15) is 5.76 Å². The van der Waals surface area contributed by atoms with Gasteiger partial charge in [-0.25, -0.2) is 4.79 Å². The molecule has 1 atom stereocenters. The molecule has 0 bridgehead atoms. The average Bonchev–Trinajstić information content (AvgIpc) is 3.09. The smallest absolute Gasteiger partial charge is 0.325 e. The third kappa shape index (κ3) is 2.57. The molecule has 1 saturated heterocycles. The van der Waals surface area contributed by atoms with Crippen LogP contribution in [0.2, 0.25) is 0 Å². The Balaban J connectivity index is 2.27. The number of rotatable bonds is 6. The predicted octanol–water partition coefficient (Wildman–Crippen LogP) is 2.78. The Hall–Kier alpha value is -1.43. The number of amides is 3. The fourth-order valence-electron chi connectivity index (χ4n) is 2.65. The van der Waals surface area contributed by atoms with Crippen LogP contribution in [-0.4, -0.2) is 29.1 Å². The van der Waals surface area contributed by atoms with Gasteiger partial charge in [0.15, 0.2) is 5.54 Å². The first-order valence-electron chi connectivity index (χ1n) is 7.21. The normalized spacial score (nSPS) is 22.8. The van der Waals surface area contributed by atoms with E-state index < -0.39 is 5.54 Å². The highest BCUT2D eigenvalue weighted by molar-refractivity contribution is 7.80. The average molecular weight is 310 g/mol. The van der Waals surface area contributed by atoms with Crippen molar-refractivity contribution >= 4 is 24.6 Å². The van der Waals surface area contributed by atoms with E-state index in [0.717, 1.165) is 12.8 Å². The van der Waals surface area contributed by atoms with Gasteiger partial charge in [0.05, 0.1) is 6.26 Å². The first-order valence-corrected chi connectivity index (χ1v) is 7.84. The maximum absolute atomic E-state index is 12.7. The molecule has 2 heterocycles. The Labute approximate surface area is 130 Å². The summed E-state index contributed by atoms with van der Waals surface area (Å²) in [5.41, 5.74) is -1.27. The van der Waals surface area contributed by atoms with Gasteiger partial charge in [-0.2, -0.15) is 12.6 Å². The molecule has 1 fully saturated rings. The number of thiol groups is 1. The summed E-state index contributed by atoms with van der Waals surface area (Å²) in [5.74, 6) is 0.817. The minimum absolute atomic E-state index is 0.148. The molecule has 21 heavy (non-hydrogen) atoms. The van der Waals surface area contributed by atoms with Gasteiger partial charge in [0.2, 0.25) is 0 Å². The van der Waals surface area contributed by atoms with E-state index in [1.54, 1.807) is 19.1 Å². The summed E-state index contributed by atoms with van der Waals surface area (Å²) in [6.07, 6.45) is 3.22. The van der Waals surface area contributed by atoms with Gasteiger partial charge in [0, 0.05) is 6.54 Å². The molecule has 1 unspecified atom stereocenters. The van der Waals surface area contributed by atoms with Crippen LogP contribution in [0.3, 0.4) is 0 Å². The lowest BCUT2D eigenvalue weighted by Gasteiger charge is -2.33. The van der Waals surface area contributed by atoms with E-state index in [9.17, 15) is 9.59 Å². The van der Waals surface area contributed by atoms with Crippen LogP contribution < -0.4 is 5.32 Å². The van der Waals surface area contributed by atoms with E-state index >= 15 is 0 Å². The lowest BCUT2D eigenvalue weighted by Crippen LogP contribution is -2.44. The van der Waals surface area contributed by atoms with Crippen LogP contribution in [0, 0.1) is 5.41 Å². The summed E-state index contributed by atoms with van der Waals surface area (Å²) in [6, 6.07) is 3.04. The molecule has 6 heteroatoms. The summed E-state index contributed by atoms with van der Waals surface area (Å²) in [7, 11) is 0. The van der Waals surface area contributed by atoms with E-state index in [2.05, 4.69) is 31.8 Å². The van der Waals surface area contributed by atoms with Gasteiger partial charge in [-0.3, -0.25) is 9.69 Å². The standard InChI is InChI=1S/C15H22N2O3S/c1-4-15(5-2,10-21)9-17-12(18)14(3,16-13(17)19)11-7-6-8-20-11/h6-8,21H,4-5,9-10H2,1-3H3,(H,16,19). The maximum atomic E-state index is 12.7. The van der Waals surface area contributed by atoms with Crippen molar-refractivity contribution < 1.29 is 14.0 Å². The lowest BCUT2D eigenvalue weighted by molar-refractivity contribution is -0.132. The minimum Gasteiger partial charge on any atom is -0.466 e. The first kappa shape index (κ1) is 15.9. The number of urea groups is 1. The third-order valence-electron chi connectivity index (χ3n) is 4.62. The topological polar surface area (TPSA) is 62.6 Å². The van der Waals surface area contributed by atoms with Crippen LogP contribution in [0.25, 0.3) is 0 Å². The van der Waals surface area contributed by atoms with Gasteiger partial charge < -0.3 is 9.73 Å². The van der Waals surface area contributed by atoms with Gasteiger partial charge in [0.25, 0.3) is 5.91 Å². The van der Waals surface area contributed by atoms with Crippen LogP contribution in [0.5, 0.6) is 0 Å². The number of hydrogen-bond acceptors (Lipinski definition) is 4. The molecule has 1 aromatic heterocycles. The number of hydrogen-bond donors (Lipinski definition) is 2. The van der Waals surface area contributed by atoms with Crippen molar-refractivity contribution in [3.05, 3.63) is 24.2 Å². The molecule has 0 aliphatic carbocycles. The van der Waals surface area contributed by atoms with Gasteiger partial charge in [-0.05, 0) is 43.1 Å². The molecular weight excluding hydrogens is 288 g/mol. The molecule has 2 rings (SSSR count). The molecule has 0 spiro atoms. The van der Waals surface area contributed by atoms with Crippen molar-refractivity contribution in [3.63, 3.8) is 0 Å². The van der Waals surface area contributed by atoms with Crippen molar-refractivity contribution in [2.24, 2.45) is 5.41 Å². The molecule has 3 amide bonds. The van der Waals surface area contributed by atoms with Crippen molar-refractivity contribution in [2.45, 2.75) is 39.2 Å². The largest absolute Gasteiger partial charge is 0.466 e. The SMILES string of the molecule is CCC(CC)(CS)CN1C(=O)NC(C)(c2ccco2)C1=O. The third-order valence-corrected chi connectivity index (χ3v) is 5.29. The molecule has 116 valence electrons. The van der Waals surface area contributed by atoms with Crippen LogP contribution in [0.1, 0.15) is 39.4 Å². The second-order valence-corrected chi connectivity index (χ2v) is 6.11. The van der Waals surface area contributed by atoms with Crippen molar-refractivity contribution in [1.29, 1.82) is 0 Å². The zero-order valence-electron chi connectivity index (χ0n) is 12.7. The van der Waals surface area contributed by atoms with E-state index in [1.165, 1.54) is 11.2 Å². The van der Waals surface area contributed by atoms with E-state index in [-0.39, 0.29) is 17.4 Å². The summed E-state index contributed by atoms with van der Waals surface area (Å²) in [6.45, 7) is 6.17. The highest BCUT2D eigenvalue weighted by Gasteiger charge is 2.52. The Kier molecular flexibility index (Phi) is 4.37. The first-order chi connectivity index (χ1) is 9.92. The molecule has 5 nitrogen and oxygen atoms in total. The van der Waals surface area contributed by atoms with E-state index in [0.29, 0.717) is 18.1 Å². The fraction of sp³-hybridized carbons (Fsp3) is 0.600. The summed E-state index contributed by atoms with van der Waals surface area (Å²) < 4.78 is 5.32. The second kappa shape index (κ2) is 5.75. The zero-order valence-corrected chi connectivity index (χ0v) is 13.6. The van der Waals surface area contributed by atoms with Crippen LogP contribution in [0.15, 0.2) is 22.8 Å². The van der Waals surface area contributed by atoms with Crippen molar-refractivity contribution in [1.82, 2.24) is 10.2 Å². The predicted molar refractivity (Wildman–Crippen MR) is 83.2 cm³/mol.